The number of ether oxygens (including phenoxy) is 3. The number of hydrogen-bond donors (Lipinski definition) is 2. The van der Waals surface area contributed by atoms with Crippen LogP contribution in [0, 0.1) is 6.92 Å². The second-order valence-electron chi connectivity index (χ2n) is 5.63. The highest BCUT2D eigenvalue weighted by Gasteiger charge is 2.22. The van der Waals surface area contributed by atoms with Crippen molar-refractivity contribution in [3.63, 3.8) is 0 Å². The van der Waals surface area contributed by atoms with Crippen molar-refractivity contribution in [3.05, 3.63) is 34.5 Å². The molecular formula is C18H17N3O6S. The van der Waals surface area contributed by atoms with Gasteiger partial charge in [-0.05, 0) is 12.5 Å². The quantitative estimate of drug-likeness (QED) is 0.598. The molecule has 0 atom stereocenters. The molecule has 0 radical (unpaired) electrons. The van der Waals surface area contributed by atoms with Crippen molar-refractivity contribution in [2.75, 3.05) is 26.6 Å². The smallest absolute Gasteiger partial charge is 0.348 e. The lowest BCUT2D eigenvalue weighted by atomic mass is 10.1. The minimum absolute atomic E-state index is 0.0227. The second kappa shape index (κ2) is 7.69. The first-order valence-electron chi connectivity index (χ1n) is 8.00. The Morgan fingerprint density at radius 1 is 1.11 bits per heavy atom. The van der Waals surface area contributed by atoms with Gasteiger partial charge < -0.3 is 24.6 Å². The molecular weight excluding hydrogens is 386 g/mol. The number of esters is 1. The normalized spacial score (nSPS) is 10.6. The van der Waals surface area contributed by atoms with E-state index in [1.54, 1.807) is 6.92 Å². The summed E-state index contributed by atoms with van der Waals surface area (Å²) in [4.78, 5) is 33.1. The van der Waals surface area contributed by atoms with E-state index in [0.29, 0.717) is 32.2 Å². The molecule has 146 valence electrons. The highest BCUT2D eigenvalue weighted by molar-refractivity contribution is 7.20. The van der Waals surface area contributed by atoms with Gasteiger partial charge in [0.05, 0.1) is 38.0 Å². The Balaban J connectivity index is 2.16. The minimum Gasteiger partial charge on any atom is -0.493 e. The molecule has 0 aliphatic rings. The molecule has 0 fully saturated rings. The molecule has 3 aromatic rings. The number of fused-ring (bicyclic) bond motifs is 1. The average molecular weight is 403 g/mol. The maximum Gasteiger partial charge on any atom is 0.348 e. The molecule has 2 N–H and O–H groups in total. The van der Waals surface area contributed by atoms with Crippen molar-refractivity contribution in [3.8, 4) is 11.5 Å². The van der Waals surface area contributed by atoms with Gasteiger partial charge in [0.1, 0.15) is 21.9 Å². The van der Waals surface area contributed by atoms with Crippen molar-refractivity contribution in [2.45, 2.75) is 6.92 Å². The van der Waals surface area contributed by atoms with Gasteiger partial charge in [0, 0.05) is 12.1 Å². The lowest BCUT2D eigenvalue weighted by Crippen LogP contribution is -2.06. The van der Waals surface area contributed by atoms with Crippen molar-refractivity contribution in [1.82, 2.24) is 9.97 Å². The fraction of sp³-hybridized carbons (Fsp3) is 0.222. The molecule has 28 heavy (non-hydrogen) atoms. The van der Waals surface area contributed by atoms with Crippen LogP contribution in [0.5, 0.6) is 11.5 Å². The molecule has 10 heteroatoms. The summed E-state index contributed by atoms with van der Waals surface area (Å²) in [5.74, 6) is -0.603. The van der Waals surface area contributed by atoms with Gasteiger partial charge >= 0.3 is 11.9 Å². The van der Waals surface area contributed by atoms with Crippen LogP contribution in [0.4, 0.5) is 11.5 Å². The number of aryl methyl sites for hydroxylation is 1. The van der Waals surface area contributed by atoms with Crippen molar-refractivity contribution in [1.29, 1.82) is 0 Å². The van der Waals surface area contributed by atoms with Gasteiger partial charge in [0.15, 0.2) is 11.5 Å². The highest BCUT2D eigenvalue weighted by Crippen LogP contribution is 2.38. The highest BCUT2D eigenvalue weighted by atomic mass is 32.1. The minimum atomic E-state index is -1.15. The largest absolute Gasteiger partial charge is 0.493 e. The number of carbonyl (C=O) groups is 2. The molecule has 0 aliphatic carbocycles. The lowest BCUT2D eigenvalue weighted by molar-refractivity contribution is 0.0604. The van der Waals surface area contributed by atoms with Gasteiger partial charge in [-0.2, -0.15) is 0 Å². The molecule has 0 aliphatic heterocycles. The van der Waals surface area contributed by atoms with Gasteiger partial charge in [0.2, 0.25) is 0 Å². The third-order valence-corrected chi connectivity index (χ3v) is 5.28. The molecule has 2 heterocycles. The number of benzene rings is 1. The number of thiophene rings is 1. The Bertz CT molecular complexity index is 1080. The van der Waals surface area contributed by atoms with E-state index in [1.165, 1.54) is 51.1 Å². The van der Waals surface area contributed by atoms with Crippen LogP contribution in [-0.4, -0.2) is 48.3 Å². The summed E-state index contributed by atoms with van der Waals surface area (Å²) in [5.41, 5.74) is 0.883. The molecule has 0 spiro atoms. The fourth-order valence-electron chi connectivity index (χ4n) is 2.74. The molecule has 0 amide bonds. The summed E-state index contributed by atoms with van der Waals surface area (Å²) in [6, 6.07) is 2.88. The van der Waals surface area contributed by atoms with Gasteiger partial charge in [-0.15, -0.1) is 11.3 Å². The van der Waals surface area contributed by atoms with E-state index >= 15 is 0 Å². The van der Waals surface area contributed by atoms with Crippen molar-refractivity contribution in [2.24, 2.45) is 0 Å². The van der Waals surface area contributed by atoms with Gasteiger partial charge in [-0.1, -0.05) is 0 Å². The Morgan fingerprint density at radius 3 is 2.39 bits per heavy atom. The molecule has 3 rings (SSSR count). The van der Waals surface area contributed by atoms with Crippen molar-refractivity contribution >= 4 is 45.0 Å². The first kappa shape index (κ1) is 19.4. The number of carbonyl (C=O) groups excluding carboxylic acids is 1. The van der Waals surface area contributed by atoms with E-state index in [9.17, 15) is 14.7 Å². The zero-order valence-electron chi connectivity index (χ0n) is 15.5. The summed E-state index contributed by atoms with van der Waals surface area (Å²) >= 11 is 1.18. The molecule has 9 nitrogen and oxygen atoms in total. The third kappa shape index (κ3) is 3.29. The number of anilines is 2. The van der Waals surface area contributed by atoms with E-state index in [1.807, 2.05) is 0 Å². The lowest BCUT2D eigenvalue weighted by Gasteiger charge is -2.14. The van der Waals surface area contributed by atoms with Crippen molar-refractivity contribution < 1.29 is 28.9 Å². The van der Waals surface area contributed by atoms with Crippen LogP contribution in [0.3, 0.4) is 0 Å². The standard InChI is InChI=1S/C18H17N3O6S/c1-8-13-15(19-7-20-16(13)28-14(8)18(24)27-4)21-10-6-12(26-3)11(25-2)5-9(10)17(22)23/h5-7H,1-4H3,(H,22,23)(H,19,20,21). The van der Waals surface area contributed by atoms with Crippen LogP contribution in [0.15, 0.2) is 18.5 Å². The Morgan fingerprint density at radius 2 is 1.79 bits per heavy atom. The summed E-state index contributed by atoms with van der Waals surface area (Å²) in [6.45, 7) is 1.76. The molecule has 2 aromatic heterocycles. The topological polar surface area (TPSA) is 120 Å². The van der Waals surface area contributed by atoms with Gasteiger partial charge in [-0.25, -0.2) is 19.6 Å². The first-order valence-corrected chi connectivity index (χ1v) is 8.81. The van der Waals surface area contributed by atoms with Crippen LogP contribution in [-0.2, 0) is 4.74 Å². The maximum absolute atomic E-state index is 12.0. The number of hydrogen-bond acceptors (Lipinski definition) is 9. The number of carboxylic acids is 1. The van der Waals surface area contributed by atoms with Crippen LogP contribution < -0.4 is 14.8 Å². The molecule has 0 saturated heterocycles. The Hall–Kier alpha value is -3.40. The number of methoxy groups -OCH3 is 3. The number of nitrogens with one attached hydrogen (secondary N) is 1. The predicted octanol–water partition coefficient (Wildman–Crippen LogP) is 3.25. The molecule has 1 aromatic carbocycles. The van der Waals surface area contributed by atoms with Gasteiger partial charge in [0.25, 0.3) is 0 Å². The summed E-state index contributed by atoms with van der Waals surface area (Å²) < 4.78 is 15.2. The fourth-order valence-corrected chi connectivity index (χ4v) is 3.81. The number of carboxylic acid groups (broad SMARTS) is 1. The van der Waals surface area contributed by atoms with Gasteiger partial charge in [-0.3, -0.25) is 0 Å². The van der Waals surface area contributed by atoms with Crippen LogP contribution >= 0.6 is 11.3 Å². The van der Waals surface area contributed by atoms with E-state index in [-0.39, 0.29) is 17.0 Å². The SMILES string of the molecule is COC(=O)c1sc2ncnc(Nc3cc(OC)c(OC)cc3C(=O)O)c2c1C. The molecule has 0 unspecified atom stereocenters. The molecule has 0 saturated carbocycles. The summed E-state index contributed by atoms with van der Waals surface area (Å²) in [7, 11) is 4.18. The second-order valence-corrected chi connectivity index (χ2v) is 6.63. The summed E-state index contributed by atoms with van der Waals surface area (Å²) in [6.07, 6.45) is 1.34. The van der Waals surface area contributed by atoms with E-state index in [4.69, 9.17) is 14.2 Å². The molecule has 0 bridgehead atoms. The Kier molecular flexibility index (Phi) is 5.32. The predicted molar refractivity (Wildman–Crippen MR) is 103 cm³/mol. The van der Waals surface area contributed by atoms with E-state index < -0.39 is 11.9 Å². The van der Waals surface area contributed by atoms with Crippen LogP contribution in [0.25, 0.3) is 10.2 Å². The number of rotatable bonds is 6. The maximum atomic E-state index is 12.0. The number of aromatic carboxylic acids is 1. The monoisotopic (exact) mass is 403 g/mol. The van der Waals surface area contributed by atoms with E-state index in [2.05, 4.69) is 15.3 Å². The first-order chi connectivity index (χ1) is 13.4. The Labute approximate surface area is 163 Å². The zero-order valence-corrected chi connectivity index (χ0v) is 16.3. The average Bonchev–Trinajstić information content (AvgIpc) is 3.04. The van der Waals surface area contributed by atoms with Crippen LogP contribution in [0.2, 0.25) is 0 Å². The third-order valence-electron chi connectivity index (χ3n) is 4.10. The zero-order chi connectivity index (χ0) is 20.4. The van der Waals surface area contributed by atoms with E-state index in [0.717, 1.165) is 0 Å². The number of aromatic nitrogens is 2. The van der Waals surface area contributed by atoms with Crippen LogP contribution in [0.1, 0.15) is 25.6 Å². The number of nitrogens with zero attached hydrogens (tertiary/aromatic N) is 2. The summed E-state index contributed by atoms with van der Waals surface area (Å²) in [5, 5.41) is 13.2.